The van der Waals surface area contributed by atoms with Crippen LogP contribution in [0.25, 0.3) is 6.08 Å². The number of hydrogen-bond donors (Lipinski definition) is 0. The minimum atomic E-state index is 0.708. The quantitative estimate of drug-likeness (QED) is 0.622. The highest BCUT2D eigenvalue weighted by Crippen LogP contribution is 2.42. The summed E-state index contributed by atoms with van der Waals surface area (Å²) in [6.45, 7) is 4.16. The van der Waals surface area contributed by atoms with E-state index in [1.807, 2.05) is 0 Å². The molecule has 120 valence electrons. The zero-order valence-corrected chi connectivity index (χ0v) is 14.1. The van der Waals surface area contributed by atoms with Gasteiger partial charge in [0, 0.05) is 0 Å². The van der Waals surface area contributed by atoms with Crippen molar-refractivity contribution >= 4 is 6.08 Å². The third-order valence-electron chi connectivity index (χ3n) is 5.75. The lowest BCUT2D eigenvalue weighted by atomic mass is 9.76. The first kappa shape index (κ1) is 15.6. The highest BCUT2D eigenvalue weighted by Gasteiger charge is 2.24. The molecule has 1 nitrogen and oxygen atoms in total. The molecule has 0 heterocycles. The Hall–Kier alpha value is -1.24. The molecule has 0 atom stereocenters. The van der Waals surface area contributed by atoms with E-state index in [1.54, 1.807) is 7.11 Å². The van der Waals surface area contributed by atoms with Gasteiger partial charge in [-0.2, -0.15) is 0 Å². The lowest BCUT2D eigenvalue weighted by Crippen LogP contribution is -2.11. The molecule has 0 amide bonds. The second-order valence-corrected chi connectivity index (χ2v) is 7.09. The second-order valence-electron chi connectivity index (χ2n) is 7.09. The molecule has 0 radical (unpaired) electrons. The molecule has 0 aromatic heterocycles. The molecular weight excluding hydrogens is 268 g/mol. The van der Waals surface area contributed by atoms with E-state index in [-0.39, 0.29) is 0 Å². The molecule has 0 spiro atoms. The Balaban J connectivity index is 2.01. The highest BCUT2D eigenvalue weighted by molar-refractivity contribution is 5.61. The maximum absolute atomic E-state index is 5.64. The van der Waals surface area contributed by atoms with Crippen LogP contribution in [0.1, 0.15) is 92.7 Å². The Bertz CT molecular complexity index is 466. The standard InChI is InChI=1S/C21H30O/c1-3-19-20(16-10-6-4-7-11-16)14-18(22-2)15-21(19)17-12-8-5-9-13-17/h3,14-17H,1,4-13H2,2H3. The molecule has 22 heavy (non-hydrogen) atoms. The van der Waals surface area contributed by atoms with Crippen molar-refractivity contribution in [3.8, 4) is 5.75 Å². The van der Waals surface area contributed by atoms with Crippen molar-refractivity contribution in [1.82, 2.24) is 0 Å². The minimum Gasteiger partial charge on any atom is -0.497 e. The van der Waals surface area contributed by atoms with Gasteiger partial charge >= 0.3 is 0 Å². The number of benzene rings is 1. The molecule has 2 fully saturated rings. The van der Waals surface area contributed by atoms with Crippen molar-refractivity contribution in [2.75, 3.05) is 7.11 Å². The van der Waals surface area contributed by atoms with Gasteiger partial charge in [-0.1, -0.05) is 51.2 Å². The van der Waals surface area contributed by atoms with Crippen LogP contribution in [-0.4, -0.2) is 7.11 Å². The smallest absolute Gasteiger partial charge is 0.119 e. The van der Waals surface area contributed by atoms with Gasteiger partial charge in [-0.15, -0.1) is 0 Å². The maximum atomic E-state index is 5.64. The predicted octanol–water partition coefficient (Wildman–Crippen LogP) is 6.43. The van der Waals surface area contributed by atoms with E-state index < -0.39 is 0 Å². The van der Waals surface area contributed by atoms with Crippen LogP contribution in [0.3, 0.4) is 0 Å². The molecular formula is C21H30O. The first-order valence-electron chi connectivity index (χ1n) is 9.17. The van der Waals surface area contributed by atoms with Gasteiger partial charge in [0.1, 0.15) is 5.75 Å². The van der Waals surface area contributed by atoms with Crippen LogP contribution in [0.4, 0.5) is 0 Å². The molecule has 1 aromatic rings. The first-order chi connectivity index (χ1) is 10.8. The summed E-state index contributed by atoms with van der Waals surface area (Å²) >= 11 is 0. The molecule has 2 aliphatic rings. The highest BCUT2D eigenvalue weighted by atomic mass is 16.5. The fourth-order valence-electron chi connectivity index (χ4n) is 4.53. The van der Waals surface area contributed by atoms with Crippen LogP contribution in [0, 0.1) is 0 Å². The van der Waals surface area contributed by atoms with Crippen LogP contribution in [0.5, 0.6) is 5.75 Å². The normalized spacial score (nSPS) is 20.8. The molecule has 1 heteroatoms. The van der Waals surface area contributed by atoms with Gasteiger partial charge in [0.15, 0.2) is 0 Å². The van der Waals surface area contributed by atoms with Gasteiger partial charge in [0.05, 0.1) is 7.11 Å². The van der Waals surface area contributed by atoms with E-state index in [0.29, 0.717) is 11.8 Å². The lowest BCUT2D eigenvalue weighted by Gasteiger charge is -2.29. The third kappa shape index (κ3) is 3.24. The van der Waals surface area contributed by atoms with Crippen molar-refractivity contribution in [3.63, 3.8) is 0 Å². The van der Waals surface area contributed by atoms with E-state index in [0.717, 1.165) is 5.75 Å². The molecule has 0 bridgehead atoms. The molecule has 2 aliphatic carbocycles. The maximum Gasteiger partial charge on any atom is 0.119 e. The molecule has 0 saturated heterocycles. The topological polar surface area (TPSA) is 9.23 Å². The van der Waals surface area contributed by atoms with Gasteiger partial charge in [0.25, 0.3) is 0 Å². The minimum absolute atomic E-state index is 0.708. The van der Waals surface area contributed by atoms with E-state index >= 15 is 0 Å². The van der Waals surface area contributed by atoms with Crippen molar-refractivity contribution in [1.29, 1.82) is 0 Å². The predicted molar refractivity (Wildman–Crippen MR) is 94.7 cm³/mol. The number of hydrogen-bond acceptors (Lipinski definition) is 1. The van der Waals surface area contributed by atoms with Gasteiger partial charge in [0.2, 0.25) is 0 Å². The molecule has 0 aliphatic heterocycles. The van der Waals surface area contributed by atoms with Crippen LogP contribution < -0.4 is 4.74 Å². The summed E-state index contributed by atoms with van der Waals surface area (Å²) in [5.41, 5.74) is 4.45. The van der Waals surface area contributed by atoms with Gasteiger partial charge < -0.3 is 4.74 Å². The van der Waals surface area contributed by atoms with E-state index in [2.05, 4.69) is 24.8 Å². The molecule has 0 N–H and O–H groups in total. The molecule has 3 rings (SSSR count). The summed E-state index contributed by atoms with van der Waals surface area (Å²) in [6.07, 6.45) is 15.7. The SMILES string of the molecule is C=Cc1c(C2CCCCC2)cc(OC)cc1C1CCCCC1. The largest absolute Gasteiger partial charge is 0.497 e. The summed E-state index contributed by atoms with van der Waals surface area (Å²) in [7, 11) is 1.80. The molecule has 2 saturated carbocycles. The Morgan fingerprint density at radius 3 is 1.68 bits per heavy atom. The van der Waals surface area contributed by atoms with Crippen LogP contribution in [0.15, 0.2) is 18.7 Å². The van der Waals surface area contributed by atoms with E-state index in [4.69, 9.17) is 4.74 Å². The van der Waals surface area contributed by atoms with Crippen molar-refractivity contribution in [3.05, 3.63) is 35.4 Å². The number of methoxy groups -OCH3 is 1. The molecule has 0 unspecified atom stereocenters. The van der Waals surface area contributed by atoms with E-state index in [9.17, 15) is 0 Å². The van der Waals surface area contributed by atoms with Gasteiger partial charge in [-0.25, -0.2) is 0 Å². The Morgan fingerprint density at radius 2 is 1.32 bits per heavy atom. The summed E-state index contributed by atoms with van der Waals surface area (Å²) in [6, 6.07) is 4.58. The van der Waals surface area contributed by atoms with Crippen LogP contribution in [0.2, 0.25) is 0 Å². The summed E-state index contributed by atoms with van der Waals surface area (Å²) in [5, 5.41) is 0. The number of rotatable bonds is 4. The Morgan fingerprint density at radius 1 is 0.864 bits per heavy atom. The number of ether oxygens (including phenoxy) is 1. The lowest BCUT2D eigenvalue weighted by molar-refractivity contribution is 0.403. The summed E-state index contributed by atoms with van der Waals surface area (Å²) in [4.78, 5) is 0. The second kappa shape index (κ2) is 7.35. The van der Waals surface area contributed by atoms with Gasteiger partial charge in [-0.3, -0.25) is 0 Å². The Labute approximate surface area is 135 Å². The fraction of sp³-hybridized carbons (Fsp3) is 0.619. The first-order valence-corrected chi connectivity index (χ1v) is 9.17. The van der Waals surface area contributed by atoms with Crippen molar-refractivity contribution < 1.29 is 4.74 Å². The molecule has 1 aromatic carbocycles. The monoisotopic (exact) mass is 298 g/mol. The summed E-state index contributed by atoms with van der Waals surface area (Å²) < 4.78 is 5.64. The average molecular weight is 298 g/mol. The zero-order chi connectivity index (χ0) is 15.4. The van der Waals surface area contributed by atoms with Crippen molar-refractivity contribution in [2.45, 2.75) is 76.0 Å². The summed E-state index contributed by atoms with van der Waals surface area (Å²) in [5.74, 6) is 2.46. The van der Waals surface area contributed by atoms with Crippen LogP contribution >= 0.6 is 0 Å². The third-order valence-corrected chi connectivity index (χ3v) is 5.75. The Kier molecular flexibility index (Phi) is 5.23. The zero-order valence-electron chi connectivity index (χ0n) is 14.1. The van der Waals surface area contributed by atoms with Crippen LogP contribution in [-0.2, 0) is 0 Å². The fourth-order valence-corrected chi connectivity index (χ4v) is 4.53. The van der Waals surface area contributed by atoms with E-state index in [1.165, 1.54) is 80.9 Å². The van der Waals surface area contributed by atoms with Gasteiger partial charge in [-0.05, 0) is 66.3 Å². The average Bonchev–Trinajstić information content (AvgIpc) is 2.62. The van der Waals surface area contributed by atoms with Crippen molar-refractivity contribution in [2.24, 2.45) is 0 Å².